The number of ether oxygens (including phenoxy) is 2. The Bertz CT molecular complexity index is 913. The Hall–Kier alpha value is -3.06. The van der Waals surface area contributed by atoms with Crippen LogP contribution in [0.1, 0.15) is 56.6 Å². The van der Waals surface area contributed by atoms with Gasteiger partial charge in [-0.3, -0.25) is 0 Å². The molecule has 0 spiro atoms. The molecule has 7 nitrogen and oxygen atoms in total. The van der Waals surface area contributed by atoms with Crippen LogP contribution in [-0.2, 0) is 22.4 Å². The van der Waals surface area contributed by atoms with Gasteiger partial charge >= 0.3 is 12.0 Å². The number of nitrogens with one attached hydrogen (secondary N) is 1. The van der Waals surface area contributed by atoms with Crippen molar-refractivity contribution in [2.45, 2.75) is 70.4 Å². The lowest BCUT2D eigenvalue weighted by Crippen LogP contribution is -2.47. The number of urea groups is 1. The number of carbonyl (C=O) groups is 2. The smallest absolute Gasteiger partial charge is 0.333 e. The highest BCUT2D eigenvalue weighted by molar-refractivity contribution is 5.74. The SMILES string of the molecule is CCOC(Cc1ccc(OCCN(CCCc2ccccc2)C(=O)NC2CCCCC2)cc1)C(=O)O. The second kappa shape index (κ2) is 15.1. The first-order valence-electron chi connectivity index (χ1n) is 13.2. The van der Waals surface area contributed by atoms with E-state index in [2.05, 4.69) is 17.4 Å². The number of nitrogens with zero attached hydrogens (tertiary/aromatic N) is 1. The van der Waals surface area contributed by atoms with Gasteiger partial charge in [-0.05, 0) is 55.9 Å². The quantitative estimate of drug-likeness (QED) is 0.381. The molecule has 7 heteroatoms. The molecule has 1 aliphatic carbocycles. The highest BCUT2D eigenvalue weighted by Crippen LogP contribution is 2.18. The highest BCUT2D eigenvalue weighted by Gasteiger charge is 2.20. The Labute approximate surface area is 214 Å². The molecular formula is C29H40N2O5. The molecule has 2 amide bonds. The summed E-state index contributed by atoms with van der Waals surface area (Å²) in [4.78, 5) is 26.2. The molecule has 0 radical (unpaired) electrons. The highest BCUT2D eigenvalue weighted by atomic mass is 16.5. The van der Waals surface area contributed by atoms with E-state index in [0.29, 0.717) is 38.5 Å². The molecule has 0 aromatic heterocycles. The van der Waals surface area contributed by atoms with Gasteiger partial charge in [-0.15, -0.1) is 0 Å². The molecule has 2 N–H and O–H groups in total. The molecule has 1 aliphatic rings. The third-order valence-corrected chi connectivity index (χ3v) is 6.57. The van der Waals surface area contributed by atoms with Gasteiger partial charge in [-0.1, -0.05) is 61.7 Å². The normalized spacial score (nSPS) is 14.7. The van der Waals surface area contributed by atoms with Crippen molar-refractivity contribution in [3.05, 3.63) is 65.7 Å². The molecule has 0 aliphatic heterocycles. The fourth-order valence-corrected chi connectivity index (χ4v) is 4.57. The number of amides is 2. The van der Waals surface area contributed by atoms with E-state index in [1.807, 2.05) is 47.4 Å². The summed E-state index contributed by atoms with van der Waals surface area (Å²) >= 11 is 0. The van der Waals surface area contributed by atoms with Gasteiger partial charge in [0.15, 0.2) is 6.10 Å². The second-order valence-corrected chi connectivity index (χ2v) is 9.34. The van der Waals surface area contributed by atoms with Gasteiger partial charge in [0, 0.05) is 25.6 Å². The molecule has 2 aromatic rings. The Morgan fingerprint density at radius 2 is 1.72 bits per heavy atom. The van der Waals surface area contributed by atoms with E-state index in [1.54, 1.807) is 6.92 Å². The first-order valence-corrected chi connectivity index (χ1v) is 13.2. The van der Waals surface area contributed by atoms with Crippen molar-refractivity contribution in [1.82, 2.24) is 10.2 Å². The van der Waals surface area contributed by atoms with Gasteiger partial charge in [-0.2, -0.15) is 0 Å². The van der Waals surface area contributed by atoms with Crippen LogP contribution in [0.4, 0.5) is 4.79 Å². The Morgan fingerprint density at radius 1 is 1.00 bits per heavy atom. The molecule has 0 heterocycles. The van der Waals surface area contributed by atoms with Crippen molar-refractivity contribution < 1.29 is 24.2 Å². The van der Waals surface area contributed by atoms with Crippen LogP contribution < -0.4 is 10.1 Å². The minimum Gasteiger partial charge on any atom is -0.492 e. The second-order valence-electron chi connectivity index (χ2n) is 9.34. The summed E-state index contributed by atoms with van der Waals surface area (Å²) in [5, 5.41) is 12.5. The number of benzene rings is 2. The maximum atomic E-state index is 13.1. The third-order valence-electron chi connectivity index (χ3n) is 6.57. The largest absolute Gasteiger partial charge is 0.492 e. The lowest BCUT2D eigenvalue weighted by molar-refractivity contribution is -0.149. The Balaban J connectivity index is 1.50. The summed E-state index contributed by atoms with van der Waals surface area (Å²) in [7, 11) is 0. The average Bonchev–Trinajstić information content (AvgIpc) is 2.89. The first-order chi connectivity index (χ1) is 17.5. The third kappa shape index (κ3) is 9.53. The first kappa shape index (κ1) is 27.5. The molecule has 196 valence electrons. The van der Waals surface area contributed by atoms with Crippen molar-refractivity contribution in [2.75, 3.05) is 26.3 Å². The Morgan fingerprint density at radius 3 is 2.39 bits per heavy atom. The van der Waals surface area contributed by atoms with Crippen molar-refractivity contribution in [1.29, 1.82) is 0 Å². The van der Waals surface area contributed by atoms with Gasteiger partial charge in [0.2, 0.25) is 0 Å². The molecule has 1 fully saturated rings. The van der Waals surface area contributed by atoms with E-state index in [4.69, 9.17) is 9.47 Å². The number of carboxylic acid groups (broad SMARTS) is 1. The topological polar surface area (TPSA) is 88.1 Å². The van der Waals surface area contributed by atoms with Crippen molar-refractivity contribution >= 4 is 12.0 Å². The minimum atomic E-state index is -0.962. The molecule has 2 aromatic carbocycles. The number of aliphatic carboxylic acids is 1. The molecule has 0 saturated heterocycles. The van der Waals surface area contributed by atoms with Gasteiger partial charge < -0.3 is 24.8 Å². The fourth-order valence-electron chi connectivity index (χ4n) is 4.57. The lowest BCUT2D eigenvalue weighted by Gasteiger charge is -2.28. The summed E-state index contributed by atoms with van der Waals surface area (Å²) < 4.78 is 11.2. The van der Waals surface area contributed by atoms with Gasteiger partial charge in [0.1, 0.15) is 12.4 Å². The van der Waals surface area contributed by atoms with Crippen LogP contribution in [0.5, 0.6) is 5.75 Å². The van der Waals surface area contributed by atoms with Crippen LogP contribution in [0.3, 0.4) is 0 Å². The number of aryl methyl sites for hydroxylation is 1. The Kier molecular flexibility index (Phi) is 11.6. The van der Waals surface area contributed by atoms with Crippen LogP contribution in [0.15, 0.2) is 54.6 Å². The van der Waals surface area contributed by atoms with E-state index < -0.39 is 12.1 Å². The number of hydrogen-bond donors (Lipinski definition) is 2. The molecule has 1 unspecified atom stereocenters. The standard InChI is InChI=1S/C29H40N2O5/c1-2-35-27(28(32)33)22-24-15-17-26(18-16-24)36-21-20-31(19-9-12-23-10-5-3-6-11-23)29(34)30-25-13-7-4-8-14-25/h3,5-6,10-11,15-18,25,27H,2,4,7-9,12-14,19-22H2,1H3,(H,30,34)(H,32,33). The van der Waals surface area contributed by atoms with Crippen LogP contribution >= 0.6 is 0 Å². The maximum Gasteiger partial charge on any atom is 0.333 e. The molecule has 3 rings (SSSR count). The number of rotatable bonds is 14. The summed E-state index contributed by atoms with van der Waals surface area (Å²) in [5.41, 5.74) is 2.15. The van der Waals surface area contributed by atoms with E-state index in [-0.39, 0.29) is 12.1 Å². The zero-order valence-electron chi connectivity index (χ0n) is 21.4. The van der Waals surface area contributed by atoms with E-state index in [9.17, 15) is 14.7 Å². The van der Waals surface area contributed by atoms with Crippen LogP contribution in [0.2, 0.25) is 0 Å². The molecular weight excluding hydrogens is 456 g/mol. The number of carbonyl (C=O) groups excluding carboxylic acids is 1. The van der Waals surface area contributed by atoms with Crippen molar-refractivity contribution in [2.24, 2.45) is 0 Å². The van der Waals surface area contributed by atoms with Crippen LogP contribution in [0.25, 0.3) is 0 Å². The summed E-state index contributed by atoms with van der Waals surface area (Å²) in [5.74, 6) is -0.269. The van der Waals surface area contributed by atoms with E-state index >= 15 is 0 Å². The zero-order valence-corrected chi connectivity index (χ0v) is 21.4. The van der Waals surface area contributed by atoms with Crippen molar-refractivity contribution in [3.63, 3.8) is 0 Å². The van der Waals surface area contributed by atoms with Crippen molar-refractivity contribution in [3.8, 4) is 5.75 Å². The monoisotopic (exact) mass is 496 g/mol. The molecule has 36 heavy (non-hydrogen) atoms. The molecule has 1 saturated carbocycles. The number of hydrogen-bond acceptors (Lipinski definition) is 4. The lowest BCUT2D eigenvalue weighted by atomic mass is 9.96. The zero-order chi connectivity index (χ0) is 25.6. The van der Waals surface area contributed by atoms with Crippen LogP contribution in [-0.4, -0.2) is 60.5 Å². The van der Waals surface area contributed by atoms with Crippen LogP contribution in [0, 0.1) is 0 Å². The fraction of sp³-hybridized carbons (Fsp3) is 0.517. The molecule has 0 bridgehead atoms. The number of carboxylic acids is 1. The summed E-state index contributed by atoms with van der Waals surface area (Å²) in [6.07, 6.45) is 6.98. The summed E-state index contributed by atoms with van der Waals surface area (Å²) in [6.45, 7) is 3.70. The predicted octanol–water partition coefficient (Wildman–Crippen LogP) is 5.07. The van der Waals surface area contributed by atoms with E-state index in [1.165, 1.54) is 24.8 Å². The van der Waals surface area contributed by atoms with Gasteiger partial charge in [-0.25, -0.2) is 9.59 Å². The van der Waals surface area contributed by atoms with E-state index in [0.717, 1.165) is 31.2 Å². The maximum absolute atomic E-state index is 13.1. The predicted molar refractivity (Wildman–Crippen MR) is 140 cm³/mol. The molecule has 1 atom stereocenters. The van der Waals surface area contributed by atoms with Gasteiger partial charge in [0.25, 0.3) is 0 Å². The summed E-state index contributed by atoms with van der Waals surface area (Å²) in [6, 6.07) is 18.0. The average molecular weight is 497 g/mol. The van der Waals surface area contributed by atoms with Gasteiger partial charge in [0.05, 0.1) is 6.54 Å². The minimum absolute atomic E-state index is 0.00968.